The van der Waals surface area contributed by atoms with Crippen molar-refractivity contribution >= 4 is 22.9 Å². The van der Waals surface area contributed by atoms with Gasteiger partial charge in [-0.3, -0.25) is 9.48 Å². The van der Waals surface area contributed by atoms with Crippen molar-refractivity contribution in [1.29, 1.82) is 0 Å². The first kappa shape index (κ1) is 26.8. The molecule has 2 amide bonds. The lowest BCUT2D eigenvalue weighted by atomic mass is 9.97. The van der Waals surface area contributed by atoms with Crippen LogP contribution in [0, 0.1) is 12.8 Å². The van der Waals surface area contributed by atoms with E-state index >= 15 is 0 Å². The van der Waals surface area contributed by atoms with Gasteiger partial charge in [0.2, 0.25) is 0 Å². The quantitative estimate of drug-likeness (QED) is 0.576. The topological polar surface area (TPSA) is 85.7 Å². The molecule has 35 heavy (non-hydrogen) atoms. The number of hydrogen-bond donors (Lipinski definition) is 1. The Morgan fingerprint density at radius 3 is 2.49 bits per heavy atom. The fourth-order valence-electron chi connectivity index (χ4n) is 4.03. The Balaban J connectivity index is 1.54. The van der Waals surface area contributed by atoms with Crippen molar-refractivity contribution in [1.82, 2.24) is 20.0 Å². The van der Waals surface area contributed by atoms with E-state index in [0.717, 1.165) is 29.3 Å². The number of carbonyl (C=O) groups excluding carboxylic acids is 2. The van der Waals surface area contributed by atoms with E-state index in [1.807, 2.05) is 38.6 Å². The number of nitrogens with one attached hydrogen (secondary N) is 1. The second kappa shape index (κ2) is 10.8. The highest BCUT2D eigenvalue weighted by Crippen LogP contribution is 2.24. The van der Waals surface area contributed by atoms with Crippen LogP contribution in [0.1, 0.15) is 49.5 Å². The van der Waals surface area contributed by atoms with Gasteiger partial charge in [-0.25, -0.2) is 4.79 Å². The van der Waals surface area contributed by atoms with Gasteiger partial charge in [0.1, 0.15) is 12.2 Å². The van der Waals surface area contributed by atoms with E-state index in [0.29, 0.717) is 31.1 Å². The zero-order valence-corrected chi connectivity index (χ0v) is 20.6. The largest absolute Gasteiger partial charge is 0.444 e. The zero-order valence-electron chi connectivity index (χ0n) is 20.6. The van der Waals surface area contributed by atoms with Gasteiger partial charge >= 0.3 is 12.3 Å². The minimum absolute atomic E-state index is 0.0202. The Kier molecular flexibility index (Phi) is 8.30. The number of ether oxygens (including phenoxy) is 2. The third-order valence-corrected chi connectivity index (χ3v) is 5.76. The van der Waals surface area contributed by atoms with Crippen molar-refractivity contribution < 1.29 is 32.2 Å². The standard InChI is InChI=1S/C24H33F3N4O4/c1-16-18(21(32)28-9-12-34-15-24(25,26)27)5-6-20-19(16)14-31(29-20)13-17-7-10-30(11-8-17)22(33)35-23(2,3)4/h5-6,14,17H,7-13,15H2,1-4H3,(H,28,32). The molecule has 1 aromatic heterocycles. The van der Waals surface area contributed by atoms with Crippen LogP contribution in [-0.2, 0) is 16.0 Å². The summed E-state index contributed by atoms with van der Waals surface area (Å²) in [5.41, 5.74) is 1.44. The van der Waals surface area contributed by atoms with Crippen molar-refractivity contribution in [2.75, 3.05) is 32.8 Å². The predicted molar refractivity (Wildman–Crippen MR) is 124 cm³/mol. The summed E-state index contributed by atoms with van der Waals surface area (Å²) >= 11 is 0. The highest BCUT2D eigenvalue weighted by Gasteiger charge is 2.28. The van der Waals surface area contributed by atoms with Crippen LogP contribution < -0.4 is 5.32 Å². The highest BCUT2D eigenvalue weighted by atomic mass is 19.4. The Morgan fingerprint density at radius 1 is 1.17 bits per heavy atom. The summed E-state index contributed by atoms with van der Waals surface area (Å²) in [6.45, 7) is 7.76. The average molecular weight is 499 g/mol. The first-order valence-electron chi connectivity index (χ1n) is 11.7. The summed E-state index contributed by atoms with van der Waals surface area (Å²) in [5, 5.41) is 8.07. The van der Waals surface area contributed by atoms with Gasteiger partial charge in [0.05, 0.1) is 12.1 Å². The number of halogens is 3. The maximum atomic E-state index is 12.5. The lowest BCUT2D eigenvalue weighted by Gasteiger charge is -2.33. The van der Waals surface area contributed by atoms with Gasteiger partial charge in [0.25, 0.3) is 5.91 Å². The lowest BCUT2D eigenvalue weighted by molar-refractivity contribution is -0.173. The Labute approximate surface area is 202 Å². The number of piperidine rings is 1. The van der Waals surface area contributed by atoms with Crippen LogP contribution in [0.15, 0.2) is 18.3 Å². The number of nitrogens with zero attached hydrogens (tertiary/aromatic N) is 3. The number of alkyl halides is 3. The number of likely N-dealkylation sites (tertiary alicyclic amines) is 1. The molecule has 11 heteroatoms. The van der Waals surface area contributed by atoms with Gasteiger partial charge in [-0.1, -0.05) is 0 Å². The molecule has 1 saturated heterocycles. The second-order valence-electron chi connectivity index (χ2n) is 9.86. The van der Waals surface area contributed by atoms with E-state index in [1.54, 1.807) is 17.0 Å². The monoisotopic (exact) mass is 498 g/mol. The van der Waals surface area contributed by atoms with E-state index in [9.17, 15) is 22.8 Å². The van der Waals surface area contributed by atoms with Crippen LogP contribution in [0.4, 0.5) is 18.0 Å². The molecule has 2 aromatic rings. The van der Waals surface area contributed by atoms with E-state index in [2.05, 4.69) is 15.2 Å². The summed E-state index contributed by atoms with van der Waals surface area (Å²) in [7, 11) is 0. The maximum Gasteiger partial charge on any atom is 0.411 e. The summed E-state index contributed by atoms with van der Waals surface area (Å²) in [6, 6.07) is 3.43. The molecule has 0 radical (unpaired) electrons. The molecule has 0 spiro atoms. The van der Waals surface area contributed by atoms with Crippen LogP contribution in [-0.4, -0.2) is 71.3 Å². The first-order chi connectivity index (χ1) is 16.3. The molecule has 0 atom stereocenters. The van der Waals surface area contributed by atoms with Crippen molar-refractivity contribution in [2.45, 2.75) is 58.9 Å². The van der Waals surface area contributed by atoms with Crippen molar-refractivity contribution in [3.63, 3.8) is 0 Å². The van der Waals surface area contributed by atoms with Crippen LogP contribution in [0.2, 0.25) is 0 Å². The highest BCUT2D eigenvalue weighted by molar-refractivity contribution is 6.00. The molecule has 2 heterocycles. The molecule has 1 N–H and O–H groups in total. The van der Waals surface area contributed by atoms with Crippen LogP contribution in [0.5, 0.6) is 0 Å². The van der Waals surface area contributed by atoms with Gasteiger partial charge in [0.15, 0.2) is 0 Å². The molecule has 0 unspecified atom stereocenters. The number of aryl methyl sites for hydroxylation is 1. The van der Waals surface area contributed by atoms with Crippen molar-refractivity contribution in [3.05, 3.63) is 29.5 Å². The minimum Gasteiger partial charge on any atom is -0.444 e. The Morgan fingerprint density at radius 2 is 1.86 bits per heavy atom. The van der Waals surface area contributed by atoms with Gasteiger partial charge < -0.3 is 19.7 Å². The maximum absolute atomic E-state index is 12.5. The predicted octanol–water partition coefficient (Wildman–Crippen LogP) is 4.30. The van der Waals surface area contributed by atoms with Crippen LogP contribution in [0.3, 0.4) is 0 Å². The molecule has 1 aliphatic heterocycles. The Bertz CT molecular complexity index is 1040. The molecule has 8 nitrogen and oxygen atoms in total. The molecule has 194 valence electrons. The van der Waals surface area contributed by atoms with E-state index in [4.69, 9.17) is 4.74 Å². The number of amides is 2. The SMILES string of the molecule is Cc1c(C(=O)NCCOCC(F)(F)F)ccc2nn(CC3CCN(C(=O)OC(C)(C)C)CC3)cc12. The smallest absolute Gasteiger partial charge is 0.411 e. The number of carbonyl (C=O) groups is 2. The summed E-state index contributed by atoms with van der Waals surface area (Å²) < 4.78 is 48.2. The van der Waals surface area contributed by atoms with Crippen molar-refractivity contribution in [3.8, 4) is 0 Å². The van der Waals surface area contributed by atoms with Crippen molar-refractivity contribution in [2.24, 2.45) is 5.92 Å². The Hall–Kier alpha value is -2.82. The number of aromatic nitrogens is 2. The minimum atomic E-state index is -4.39. The summed E-state index contributed by atoms with van der Waals surface area (Å²) in [6.07, 6.45) is -1.07. The molecular formula is C24H33F3N4O4. The molecule has 0 saturated carbocycles. The lowest BCUT2D eigenvalue weighted by Crippen LogP contribution is -2.42. The summed E-state index contributed by atoms with van der Waals surface area (Å²) in [4.78, 5) is 26.5. The van der Waals surface area contributed by atoms with Gasteiger partial charge in [0, 0.05) is 43.3 Å². The second-order valence-corrected chi connectivity index (χ2v) is 9.86. The first-order valence-corrected chi connectivity index (χ1v) is 11.7. The van der Waals surface area contributed by atoms with Gasteiger partial charge in [-0.05, 0) is 64.2 Å². The zero-order chi connectivity index (χ0) is 25.8. The molecular weight excluding hydrogens is 465 g/mol. The van der Waals surface area contributed by atoms with Gasteiger partial charge in [-0.2, -0.15) is 18.3 Å². The fraction of sp³-hybridized carbons (Fsp3) is 0.625. The van der Waals surface area contributed by atoms with Crippen LogP contribution in [0.25, 0.3) is 10.9 Å². The molecule has 3 rings (SSSR count). The normalized spacial score (nSPS) is 15.5. The number of benzene rings is 1. The number of fused-ring (bicyclic) bond motifs is 1. The molecule has 1 fully saturated rings. The molecule has 1 aromatic carbocycles. The van der Waals surface area contributed by atoms with E-state index in [1.165, 1.54) is 0 Å². The summed E-state index contributed by atoms with van der Waals surface area (Å²) in [5.74, 6) is -0.00922. The van der Waals surface area contributed by atoms with E-state index < -0.39 is 18.4 Å². The van der Waals surface area contributed by atoms with Gasteiger partial charge in [-0.15, -0.1) is 0 Å². The van der Waals surface area contributed by atoms with E-state index in [-0.39, 0.29) is 25.2 Å². The number of rotatable bonds is 7. The third kappa shape index (κ3) is 7.84. The third-order valence-electron chi connectivity index (χ3n) is 5.76. The molecule has 1 aliphatic rings. The van der Waals surface area contributed by atoms with Crippen LogP contribution >= 0.6 is 0 Å². The number of hydrogen-bond acceptors (Lipinski definition) is 5. The molecule has 0 aliphatic carbocycles. The average Bonchev–Trinajstić information content (AvgIpc) is 3.15. The molecule has 0 bridgehead atoms. The fourth-order valence-corrected chi connectivity index (χ4v) is 4.03.